The molecule has 0 saturated heterocycles. The molecule has 1 aliphatic carbocycles. The number of rotatable bonds is 3. The molecular weight excluding hydrogens is 264 g/mol. The number of anilines is 1. The maximum Gasteiger partial charge on any atom is 0.256 e. The third-order valence-corrected chi connectivity index (χ3v) is 3.86. The second-order valence-corrected chi connectivity index (χ2v) is 5.24. The Hall–Kier alpha value is -2.61. The number of hydrogen-bond donors (Lipinski definition) is 1. The van der Waals surface area contributed by atoms with E-state index in [9.17, 15) is 4.79 Å². The molecular formula is C16H16N4O. The van der Waals surface area contributed by atoms with Crippen LogP contribution in [0.25, 0.3) is 0 Å². The largest absolute Gasteiger partial charge is 0.307 e. The number of nitrogens with zero attached hydrogens (tertiary/aromatic N) is 3. The molecule has 106 valence electrons. The predicted molar refractivity (Wildman–Crippen MR) is 78.8 cm³/mol. The van der Waals surface area contributed by atoms with Crippen LogP contribution in [-0.2, 0) is 0 Å². The van der Waals surface area contributed by atoms with Crippen molar-refractivity contribution in [3.63, 3.8) is 0 Å². The highest BCUT2D eigenvalue weighted by molar-refractivity contribution is 6.03. The number of carbonyl (C=O) groups is 1. The predicted octanol–water partition coefficient (Wildman–Crippen LogP) is 3.12. The molecule has 2 aromatic rings. The topological polar surface area (TPSA) is 70.7 Å². The van der Waals surface area contributed by atoms with E-state index < -0.39 is 0 Å². The van der Waals surface area contributed by atoms with Crippen LogP contribution in [0.2, 0.25) is 0 Å². The number of nitrogens with one attached hydrogen (secondary N) is 1. The summed E-state index contributed by atoms with van der Waals surface area (Å²) in [5.41, 5.74) is 1.08. The van der Waals surface area contributed by atoms with E-state index in [0.29, 0.717) is 17.2 Å². The minimum absolute atomic E-state index is 0.181. The van der Waals surface area contributed by atoms with Crippen molar-refractivity contribution in [2.24, 2.45) is 0 Å². The first-order chi connectivity index (χ1) is 10.3. The fourth-order valence-electron chi connectivity index (χ4n) is 2.74. The molecule has 0 radical (unpaired) electrons. The van der Waals surface area contributed by atoms with Crippen LogP contribution in [0.3, 0.4) is 0 Å². The molecule has 1 heterocycles. The zero-order valence-electron chi connectivity index (χ0n) is 11.6. The van der Waals surface area contributed by atoms with Crippen molar-refractivity contribution in [1.29, 1.82) is 5.26 Å². The standard InChI is InChI=1S/C16H16N4O/c17-11-12-5-7-13(8-6-12)16(21)19-15-9-10-18-20(15)14-3-1-2-4-14/h5-10,14H,1-4H2,(H,19,21). The minimum Gasteiger partial charge on any atom is -0.307 e. The Morgan fingerprint density at radius 2 is 1.95 bits per heavy atom. The summed E-state index contributed by atoms with van der Waals surface area (Å²) >= 11 is 0. The molecule has 1 N–H and O–H groups in total. The lowest BCUT2D eigenvalue weighted by molar-refractivity contribution is 0.102. The highest BCUT2D eigenvalue weighted by atomic mass is 16.1. The van der Waals surface area contributed by atoms with E-state index >= 15 is 0 Å². The molecule has 5 nitrogen and oxygen atoms in total. The maximum absolute atomic E-state index is 12.2. The zero-order valence-corrected chi connectivity index (χ0v) is 11.6. The van der Waals surface area contributed by atoms with Crippen LogP contribution >= 0.6 is 0 Å². The van der Waals surface area contributed by atoms with Gasteiger partial charge in [0.2, 0.25) is 0 Å². The molecule has 1 fully saturated rings. The number of aromatic nitrogens is 2. The smallest absolute Gasteiger partial charge is 0.256 e. The summed E-state index contributed by atoms with van der Waals surface area (Å²) in [6.45, 7) is 0. The molecule has 5 heteroatoms. The van der Waals surface area contributed by atoms with Crippen LogP contribution in [0.15, 0.2) is 36.5 Å². The number of amides is 1. The lowest BCUT2D eigenvalue weighted by Gasteiger charge is -2.14. The summed E-state index contributed by atoms with van der Waals surface area (Å²) in [5, 5.41) is 16.0. The summed E-state index contributed by atoms with van der Waals surface area (Å²) in [6.07, 6.45) is 6.37. The summed E-state index contributed by atoms with van der Waals surface area (Å²) in [6, 6.07) is 10.8. The van der Waals surface area contributed by atoms with E-state index in [4.69, 9.17) is 5.26 Å². The van der Waals surface area contributed by atoms with E-state index in [2.05, 4.69) is 10.4 Å². The summed E-state index contributed by atoms with van der Waals surface area (Å²) in [4.78, 5) is 12.2. The highest BCUT2D eigenvalue weighted by Gasteiger charge is 2.20. The molecule has 0 aliphatic heterocycles. The maximum atomic E-state index is 12.2. The first kappa shape index (κ1) is 13.4. The Morgan fingerprint density at radius 3 is 2.62 bits per heavy atom. The first-order valence-electron chi connectivity index (χ1n) is 7.13. The average molecular weight is 280 g/mol. The SMILES string of the molecule is N#Cc1ccc(C(=O)Nc2ccnn2C2CCCC2)cc1. The van der Waals surface area contributed by atoms with Crippen molar-refractivity contribution in [1.82, 2.24) is 9.78 Å². The van der Waals surface area contributed by atoms with E-state index in [1.165, 1.54) is 12.8 Å². The van der Waals surface area contributed by atoms with Crippen LogP contribution in [0.1, 0.15) is 47.6 Å². The number of nitriles is 1. The Morgan fingerprint density at radius 1 is 1.24 bits per heavy atom. The lowest BCUT2D eigenvalue weighted by Crippen LogP contribution is -2.17. The number of carbonyl (C=O) groups excluding carboxylic acids is 1. The third-order valence-electron chi connectivity index (χ3n) is 3.86. The first-order valence-corrected chi connectivity index (χ1v) is 7.13. The monoisotopic (exact) mass is 280 g/mol. The molecule has 0 atom stereocenters. The average Bonchev–Trinajstić information content (AvgIpc) is 3.18. The highest BCUT2D eigenvalue weighted by Crippen LogP contribution is 2.31. The molecule has 1 saturated carbocycles. The quantitative estimate of drug-likeness (QED) is 0.939. The number of benzene rings is 1. The second-order valence-electron chi connectivity index (χ2n) is 5.24. The van der Waals surface area contributed by atoms with Gasteiger partial charge in [-0.2, -0.15) is 10.4 Å². The van der Waals surface area contributed by atoms with Gasteiger partial charge in [0, 0.05) is 11.6 Å². The van der Waals surface area contributed by atoms with E-state index in [1.54, 1.807) is 30.5 Å². The Labute approximate surface area is 123 Å². The van der Waals surface area contributed by atoms with E-state index in [0.717, 1.165) is 18.7 Å². The fourth-order valence-corrected chi connectivity index (χ4v) is 2.74. The van der Waals surface area contributed by atoms with Gasteiger partial charge in [-0.3, -0.25) is 4.79 Å². The lowest BCUT2D eigenvalue weighted by atomic mass is 10.1. The van der Waals surface area contributed by atoms with Crippen LogP contribution in [0.5, 0.6) is 0 Å². The van der Waals surface area contributed by atoms with Crippen LogP contribution in [0.4, 0.5) is 5.82 Å². The van der Waals surface area contributed by atoms with Crippen molar-refractivity contribution in [2.45, 2.75) is 31.7 Å². The van der Waals surface area contributed by atoms with Gasteiger partial charge >= 0.3 is 0 Å². The molecule has 1 aromatic carbocycles. The normalized spacial score (nSPS) is 14.8. The molecule has 0 spiro atoms. The zero-order chi connectivity index (χ0) is 14.7. The Kier molecular flexibility index (Phi) is 3.69. The van der Waals surface area contributed by atoms with E-state index in [1.807, 2.05) is 16.8 Å². The van der Waals surface area contributed by atoms with Gasteiger partial charge in [0.05, 0.1) is 23.9 Å². The van der Waals surface area contributed by atoms with Gasteiger partial charge in [-0.15, -0.1) is 0 Å². The summed E-state index contributed by atoms with van der Waals surface area (Å²) in [5.74, 6) is 0.551. The van der Waals surface area contributed by atoms with Crippen LogP contribution < -0.4 is 5.32 Å². The molecule has 1 amide bonds. The van der Waals surface area contributed by atoms with Crippen molar-refractivity contribution < 1.29 is 4.79 Å². The van der Waals surface area contributed by atoms with Gasteiger partial charge in [-0.05, 0) is 37.1 Å². The van der Waals surface area contributed by atoms with Gasteiger partial charge in [-0.1, -0.05) is 12.8 Å². The Balaban J connectivity index is 1.75. The molecule has 21 heavy (non-hydrogen) atoms. The van der Waals surface area contributed by atoms with Gasteiger partial charge < -0.3 is 5.32 Å². The van der Waals surface area contributed by atoms with Crippen molar-refractivity contribution >= 4 is 11.7 Å². The van der Waals surface area contributed by atoms with Crippen molar-refractivity contribution in [2.75, 3.05) is 5.32 Å². The molecule has 1 aliphatic rings. The van der Waals surface area contributed by atoms with Gasteiger partial charge in [-0.25, -0.2) is 4.68 Å². The number of hydrogen-bond acceptors (Lipinski definition) is 3. The molecule has 0 bridgehead atoms. The van der Waals surface area contributed by atoms with Crippen molar-refractivity contribution in [3.8, 4) is 6.07 Å². The molecule has 0 unspecified atom stereocenters. The molecule has 1 aromatic heterocycles. The summed E-state index contributed by atoms with van der Waals surface area (Å²) in [7, 11) is 0. The fraction of sp³-hybridized carbons (Fsp3) is 0.312. The van der Waals surface area contributed by atoms with Crippen LogP contribution in [-0.4, -0.2) is 15.7 Å². The van der Waals surface area contributed by atoms with E-state index in [-0.39, 0.29) is 5.91 Å². The van der Waals surface area contributed by atoms with Gasteiger partial charge in [0.1, 0.15) is 5.82 Å². The molecule has 3 rings (SSSR count). The van der Waals surface area contributed by atoms with Crippen molar-refractivity contribution in [3.05, 3.63) is 47.7 Å². The van der Waals surface area contributed by atoms with Gasteiger partial charge in [0.15, 0.2) is 0 Å². The van der Waals surface area contributed by atoms with Crippen LogP contribution in [0, 0.1) is 11.3 Å². The van der Waals surface area contributed by atoms with Gasteiger partial charge in [0.25, 0.3) is 5.91 Å². The third kappa shape index (κ3) is 2.79. The Bertz CT molecular complexity index is 675. The minimum atomic E-state index is -0.181. The second kappa shape index (κ2) is 5.80. The summed E-state index contributed by atoms with van der Waals surface area (Å²) < 4.78 is 1.91.